The van der Waals surface area contributed by atoms with Crippen LogP contribution in [0.3, 0.4) is 0 Å². The maximum Gasteiger partial charge on any atom is 0.410 e. The van der Waals surface area contributed by atoms with Crippen LogP contribution in [0.15, 0.2) is 120 Å². The molecule has 8 heterocycles. The number of hydrogen-bond acceptors (Lipinski definition) is 12. The number of benzene rings is 3. The van der Waals surface area contributed by atoms with Crippen molar-refractivity contribution in [3.05, 3.63) is 160 Å². The number of aliphatic carboxylic acids is 1. The van der Waals surface area contributed by atoms with Gasteiger partial charge in [0.2, 0.25) is 11.8 Å². The molecule has 5 amide bonds. The summed E-state index contributed by atoms with van der Waals surface area (Å²) in [5.74, 6) is -0.922. The molecular weight excluding hydrogens is 1090 g/mol. The Hall–Kier alpha value is -9.01. The molecule has 0 radical (unpaired) electrons. The van der Waals surface area contributed by atoms with Gasteiger partial charge in [-0.15, -0.1) is 12.4 Å². The highest BCUT2D eigenvalue weighted by Crippen LogP contribution is 2.50. The number of hydrazone groups is 2. The lowest BCUT2D eigenvalue weighted by molar-refractivity contribution is -0.138. The van der Waals surface area contributed by atoms with Gasteiger partial charge in [-0.2, -0.15) is 10.2 Å². The summed E-state index contributed by atoms with van der Waals surface area (Å²) in [4.78, 5) is 91.5. The minimum absolute atomic E-state index is 0. The molecule has 7 aromatic rings. The molecule has 7 aliphatic rings. The topological polar surface area (TPSA) is 277 Å². The zero-order chi connectivity index (χ0) is 57.5. The zero-order valence-corrected chi connectivity index (χ0v) is 47.4. The Labute approximate surface area is 490 Å². The minimum atomic E-state index is -0.691. The number of likely N-dealkylation sites (tertiary alicyclic amines) is 1. The number of H-pyrrole nitrogens is 2. The van der Waals surface area contributed by atoms with Crippen molar-refractivity contribution >= 4 is 99.3 Å². The van der Waals surface area contributed by atoms with Gasteiger partial charge in [0.05, 0.1) is 35.2 Å². The second-order valence-corrected chi connectivity index (χ2v) is 23.2. The highest BCUT2D eigenvalue weighted by molar-refractivity contribution is 6.18. The molecule has 1 saturated heterocycles. The van der Waals surface area contributed by atoms with Gasteiger partial charge in [-0.25, -0.2) is 15.6 Å². The van der Waals surface area contributed by atoms with Gasteiger partial charge < -0.3 is 40.7 Å². The monoisotopic (exact) mass is 1150 g/mol. The molecule has 20 nitrogen and oxygen atoms in total. The molecule has 0 bridgehead atoms. The number of nitrogens with zero attached hydrogens (tertiary/aromatic N) is 5. The molecule has 432 valence electrons. The molecule has 0 spiro atoms. The molecule has 21 heteroatoms. The quantitative estimate of drug-likeness (QED) is 0.0638. The van der Waals surface area contributed by atoms with Crippen molar-refractivity contribution in [3.63, 3.8) is 0 Å². The van der Waals surface area contributed by atoms with E-state index < -0.39 is 11.6 Å². The first-order chi connectivity index (χ1) is 40.2. The van der Waals surface area contributed by atoms with Crippen LogP contribution in [0.1, 0.15) is 143 Å². The average Bonchev–Trinajstić information content (AvgIpc) is 2.52. The van der Waals surface area contributed by atoms with Crippen molar-refractivity contribution in [3.8, 4) is 0 Å². The van der Waals surface area contributed by atoms with Gasteiger partial charge >= 0.3 is 12.1 Å². The van der Waals surface area contributed by atoms with Crippen LogP contribution in [0, 0.1) is 17.8 Å². The summed E-state index contributed by atoms with van der Waals surface area (Å²) in [6.45, 7) is 8.48. The smallest absolute Gasteiger partial charge is 0.410 e. The number of halogens is 1. The zero-order valence-electron chi connectivity index (χ0n) is 46.6. The minimum Gasteiger partial charge on any atom is -0.481 e. The first-order valence-corrected chi connectivity index (χ1v) is 28.3. The van der Waals surface area contributed by atoms with Gasteiger partial charge in [0.1, 0.15) is 5.60 Å². The highest BCUT2D eigenvalue weighted by Gasteiger charge is 2.46. The summed E-state index contributed by atoms with van der Waals surface area (Å²) >= 11 is 0. The predicted octanol–water partition coefficient (Wildman–Crippen LogP) is 9.55. The van der Waals surface area contributed by atoms with Crippen LogP contribution < -0.4 is 26.8 Å². The van der Waals surface area contributed by atoms with Crippen LogP contribution in [0.4, 0.5) is 16.2 Å². The van der Waals surface area contributed by atoms with E-state index in [0.717, 1.165) is 107 Å². The second kappa shape index (κ2) is 23.7. The summed E-state index contributed by atoms with van der Waals surface area (Å²) in [5.41, 5.74) is 16.6. The molecule has 14 rings (SSSR count). The van der Waals surface area contributed by atoms with E-state index in [4.69, 9.17) is 9.84 Å². The molecule has 3 aromatic carbocycles. The van der Waals surface area contributed by atoms with Gasteiger partial charge in [-0.3, -0.25) is 33.9 Å². The standard InChI is InChI=1S/C29H32N6O4.C25H23N5O2.C9H9NO2.ClH/c1-29(2,3)39-28(38)35-9-6-16(7-10-35)25-22-15-31-34-27(37)21-11-18(12-23(33-25)24(21)22)32-26(36)20-13-19(20)17-5-4-8-30-14-17;31-24(18-12-17(18)14-4-2-1-3-5-14)28-16-10-19-22-20(13-27-30-25(19)32)23(29-21(22)11-16)15-6-8-26-9-7-15;11-9(12)8-4-7(8)6-2-1-3-10-5-6;/h4-5,8,11-12,14-16,19-20,33H,6-7,9-10,13H2,1-3H3,(H,32,36)(H,34,37);1-6,10-11,13,17-18,26,29H,7-9,12H2,(H,28,31)(H,30,32);1-3,5,7-8H,4H2,(H,11,12);1H. The highest BCUT2D eigenvalue weighted by atomic mass is 35.5. The summed E-state index contributed by atoms with van der Waals surface area (Å²) in [5, 5.41) is 27.9. The number of carbonyl (C=O) groups excluding carboxylic acids is 5. The number of nitrogens with one attached hydrogen (secondary N) is 7. The van der Waals surface area contributed by atoms with Crippen LogP contribution >= 0.6 is 12.4 Å². The molecule has 6 unspecified atom stereocenters. The molecule has 3 aliphatic carbocycles. The number of anilines is 2. The molecule has 4 aromatic heterocycles. The Morgan fingerprint density at radius 2 is 1.21 bits per heavy atom. The third kappa shape index (κ3) is 12.2. The van der Waals surface area contributed by atoms with E-state index in [9.17, 15) is 28.8 Å². The van der Waals surface area contributed by atoms with Crippen LogP contribution in [0.2, 0.25) is 0 Å². The number of ether oxygens (including phenoxy) is 1. The van der Waals surface area contributed by atoms with Crippen LogP contribution in [-0.4, -0.2) is 110 Å². The van der Waals surface area contributed by atoms with Gasteiger partial charge in [-0.1, -0.05) is 48.5 Å². The van der Waals surface area contributed by atoms with E-state index in [1.807, 2.05) is 81.6 Å². The molecule has 6 atom stereocenters. The van der Waals surface area contributed by atoms with Crippen molar-refractivity contribution in [2.24, 2.45) is 28.0 Å². The number of aromatic nitrogens is 4. The Morgan fingerprint density at radius 3 is 1.75 bits per heavy atom. The van der Waals surface area contributed by atoms with Crippen molar-refractivity contribution in [1.29, 1.82) is 0 Å². The second-order valence-electron chi connectivity index (χ2n) is 23.2. The lowest BCUT2D eigenvalue weighted by Gasteiger charge is -2.33. The number of pyridine rings is 2. The fourth-order valence-electron chi connectivity index (χ4n) is 11.9. The Bertz CT molecular complexity index is 3790. The van der Waals surface area contributed by atoms with Gasteiger partial charge in [0.25, 0.3) is 11.8 Å². The number of hydrogen-bond donors (Lipinski definition) is 8. The number of carboxylic acid groups (broad SMARTS) is 1. The number of aromatic amines is 2. The first kappa shape index (κ1) is 56.8. The van der Waals surface area contributed by atoms with Crippen LogP contribution in [0.25, 0.3) is 27.4 Å². The molecule has 84 heavy (non-hydrogen) atoms. The molecular formula is C63H65ClN12O8. The Balaban J connectivity index is 0.000000146. The molecule has 8 N–H and O–H groups in total. The average molecular weight is 1150 g/mol. The van der Waals surface area contributed by atoms with Crippen LogP contribution in [-0.2, 0) is 19.1 Å². The largest absolute Gasteiger partial charge is 0.481 e. The Morgan fingerprint density at radius 1 is 0.679 bits per heavy atom. The summed E-state index contributed by atoms with van der Waals surface area (Å²) in [6, 6.07) is 25.0. The van der Waals surface area contributed by atoms with E-state index in [1.54, 1.807) is 48.1 Å². The lowest BCUT2D eigenvalue weighted by Crippen LogP contribution is -2.41. The number of carbonyl (C=O) groups is 6. The van der Waals surface area contributed by atoms with Crippen molar-refractivity contribution in [2.45, 2.75) is 88.6 Å². The fourth-order valence-corrected chi connectivity index (χ4v) is 11.9. The third-order valence-corrected chi connectivity index (χ3v) is 16.4. The van der Waals surface area contributed by atoms with E-state index >= 15 is 0 Å². The maximum atomic E-state index is 13.0. The van der Waals surface area contributed by atoms with Crippen molar-refractivity contribution in [1.82, 2.24) is 41.0 Å². The van der Waals surface area contributed by atoms with Crippen molar-refractivity contribution in [2.75, 3.05) is 36.8 Å². The number of amides is 5. The fraction of sp³-hybridized carbons (Fsp3) is 0.333. The van der Waals surface area contributed by atoms with Gasteiger partial charge in [0.15, 0.2) is 0 Å². The van der Waals surface area contributed by atoms with Crippen LogP contribution in [0.5, 0.6) is 0 Å². The van der Waals surface area contributed by atoms with E-state index in [2.05, 4.69) is 75.1 Å². The summed E-state index contributed by atoms with van der Waals surface area (Å²) < 4.78 is 5.54. The molecule has 3 saturated carbocycles. The summed E-state index contributed by atoms with van der Waals surface area (Å²) in [7, 11) is 0. The number of carboxylic acids is 1. The summed E-state index contributed by atoms with van der Waals surface area (Å²) in [6.07, 6.45) is 17.0. The molecule has 4 fully saturated rings. The number of rotatable bonds is 10. The van der Waals surface area contributed by atoms with E-state index in [-0.39, 0.29) is 83.6 Å². The lowest BCUT2D eigenvalue weighted by atomic mass is 9.90. The van der Waals surface area contributed by atoms with Crippen molar-refractivity contribution < 1.29 is 38.6 Å². The van der Waals surface area contributed by atoms with E-state index in [0.29, 0.717) is 35.6 Å². The SMILES string of the molecule is CC(C)(C)OC(=O)N1CCC(c2[nH]c3cc(NC(=O)C4CC4c4cccnc4)cc4c3c2C=NNC4=O)CC1.Cl.O=C(O)C1CC1c1cccnc1.O=C1NN=Cc2c(C3=CCNCC3)[nH]c3cc(NC(=O)C4CC4c4ccccc4)cc1c23. The van der Waals surface area contributed by atoms with Gasteiger partial charge in [-0.05, 0) is 142 Å². The van der Waals surface area contributed by atoms with Gasteiger partial charge in [0, 0.05) is 112 Å². The third-order valence-electron chi connectivity index (χ3n) is 16.4. The molecule has 4 aliphatic heterocycles. The Kier molecular flexibility index (Phi) is 16.0. The first-order valence-electron chi connectivity index (χ1n) is 28.3. The predicted molar refractivity (Wildman–Crippen MR) is 322 cm³/mol. The number of piperidine rings is 1. The normalized spacial score (nSPS) is 21.8. The van der Waals surface area contributed by atoms with E-state index in [1.165, 1.54) is 11.1 Å². The maximum absolute atomic E-state index is 13.0.